The van der Waals surface area contributed by atoms with E-state index >= 15 is 0 Å². The number of amides is 4. The number of nitrogens with zero attached hydrogens (tertiary/aromatic N) is 1. The van der Waals surface area contributed by atoms with Gasteiger partial charge in [0.15, 0.2) is 0 Å². The highest BCUT2D eigenvalue weighted by Crippen LogP contribution is 2.30. The number of anilines is 1. The maximum Gasteiger partial charge on any atom is 0.335 e. The second-order valence-electron chi connectivity index (χ2n) is 7.45. The Bertz CT molecular complexity index is 1360. The van der Waals surface area contributed by atoms with Gasteiger partial charge in [-0.3, -0.25) is 14.9 Å². The predicted molar refractivity (Wildman–Crippen MR) is 135 cm³/mol. The Labute approximate surface area is 214 Å². The topological polar surface area (TPSA) is 75.7 Å². The second-order valence-corrected chi connectivity index (χ2v) is 9.15. The summed E-state index contributed by atoms with van der Waals surface area (Å²) in [5.41, 5.74) is 2.10. The fourth-order valence-electron chi connectivity index (χ4n) is 3.35. The minimum Gasteiger partial charge on any atom is -0.488 e. The number of carbonyl (C=O) groups excluding carboxylic acids is 3. The first-order valence-electron chi connectivity index (χ1n) is 10.1. The number of halogens is 3. The molecule has 0 atom stereocenters. The predicted octanol–water partition coefficient (Wildman–Crippen LogP) is 6.31. The zero-order valence-electron chi connectivity index (χ0n) is 17.8. The highest BCUT2D eigenvalue weighted by atomic mass is 79.9. The molecule has 1 heterocycles. The van der Waals surface area contributed by atoms with Gasteiger partial charge in [-0.2, -0.15) is 0 Å². The van der Waals surface area contributed by atoms with Crippen molar-refractivity contribution in [3.63, 3.8) is 0 Å². The largest absolute Gasteiger partial charge is 0.488 e. The van der Waals surface area contributed by atoms with E-state index in [9.17, 15) is 14.4 Å². The molecule has 0 spiro atoms. The van der Waals surface area contributed by atoms with Gasteiger partial charge in [-0.05, 0) is 61.0 Å². The molecule has 1 aliphatic rings. The highest BCUT2D eigenvalue weighted by Gasteiger charge is 2.37. The first kappa shape index (κ1) is 24.0. The average Bonchev–Trinajstić information content (AvgIpc) is 2.79. The molecule has 0 aliphatic carbocycles. The molecule has 9 heteroatoms. The number of urea groups is 1. The molecule has 34 heavy (non-hydrogen) atoms. The van der Waals surface area contributed by atoms with Crippen molar-refractivity contribution in [3.8, 4) is 5.75 Å². The molecule has 3 aromatic rings. The van der Waals surface area contributed by atoms with Gasteiger partial charge < -0.3 is 4.74 Å². The van der Waals surface area contributed by atoms with E-state index in [0.29, 0.717) is 27.0 Å². The smallest absolute Gasteiger partial charge is 0.335 e. The van der Waals surface area contributed by atoms with Crippen LogP contribution in [0.15, 0.2) is 70.7 Å². The Morgan fingerprint density at radius 1 is 1.03 bits per heavy atom. The van der Waals surface area contributed by atoms with Gasteiger partial charge in [0.2, 0.25) is 0 Å². The Balaban J connectivity index is 1.69. The summed E-state index contributed by atoms with van der Waals surface area (Å²) in [7, 11) is 0. The summed E-state index contributed by atoms with van der Waals surface area (Å²) in [5, 5.41) is 3.16. The minimum absolute atomic E-state index is 0.167. The monoisotopic (exact) mass is 558 g/mol. The van der Waals surface area contributed by atoms with E-state index in [1.54, 1.807) is 42.5 Å². The molecule has 1 aliphatic heterocycles. The summed E-state index contributed by atoms with van der Waals surface area (Å²) in [5.74, 6) is -1.18. The number of barbiturate groups is 1. The zero-order chi connectivity index (χ0) is 24.4. The van der Waals surface area contributed by atoms with Gasteiger partial charge in [0.25, 0.3) is 11.8 Å². The number of nitrogens with one attached hydrogen (secondary N) is 1. The van der Waals surface area contributed by atoms with Gasteiger partial charge in [-0.15, -0.1) is 0 Å². The van der Waals surface area contributed by atoms with Crippen LogP contribution < -0.4 is 15.0 Å². The number of imide groups is 2. The maximum atomic E-state index is 13.2. The Morgan fingerprint density at radius 3 is 2.53 bits per heavy atom. The lowest BCUT2D eigenvalue weighted by Crippen LogP contribution is -2.54. The molecule has 4 rings (SSSR count). The molecule has 1 fully saturated rings. The van der Waals surface area contributed by atoms with Crippen LogP contribution in [0.25, 0.3) is 6.08 Å². The van der Waals surface area contributed by atoms with E-state index in [4.69, 9.17) is 27.9 Å². The summed E-state index contributed by atoms with van der Waals surface area (Å²) in [4.78, 5) is 39.2. The van der Waals surface area contributed by atoms with Gasteiger partial charge in [-0.1, -0.05) is 57.3 Å². The van der Waals surface area contributed by atoms with E-state index < -0.39 is 17.8 Å². The van der Waals surface area contributed by atoms with Crippen molar-refractivity contribution < 1.29 is 19.1 Å². The van der Waals surface area contributed by atoms with Crippen LogP contribution in [0.1, 0.15) is 16.7 Å². The lowest BCUT2D eigenvalue weighted by molar-refractivity contribution is -0.122. The summed E-state index contributed by atoms with van der Waals surface area (Å²) < 4.78 is 6.74. The molecular formula is C25H17BrCl2N2O4. The fourth-order valence-corrected chi connectivity index (χ4v) is 3.97. The Hall–Kier alpha value is -3.13. The number of hydrogen-bond acceptors (Lipinski definition) is 4. The van der Waals surface area contributed by atoms with Crippen LogP contribution in [0.4, 0.5) is 10.5 Å². The molecule has 0 saturated carbocycles. The van der Waals surface area contributed by atoms with Gasteiger partial charge in [0, 0.05) is 25.6 Å². The summed E-state index contributed by atoms with van der Waals surface area (Å²) in [6, 6.07) is 16.3. The number of rotatable bonds is 5. The van der Waals surface area contributed by atoms with Crippen molar-refractivity contribution in [2.24, 2.45) is 0 Å². The van der Waals surface area contributed by atoms with Crippen molar-refractivity contribution >= 4 is 68.7 Å². The molecule has 0 radical (unpaired) electrons. The molecule has 6 nitrogen and oxygen atoms in total. The third-order valence-electron chi connectivity index (χ3n) is 5.11. The molecule has 3 aromatic carbocycles. The van der Waals surface area contributed by atoms with Crippen molar-refractivity contribution in [2.75, 3.05) is 4.90 Å². The van der Waals surface area contributed by atoms with Crippen LogP contribution in [0, 0.1) is 6.92 Å². The van der Waals surface area contributed by atoms with E-state index in [-0.39, 0.29) is 12.2 Å². The highest BCUT2D eigenvalue weighted by molar-refractivity contribution is 9.10. The first-order valence-corrected chi connectivity index (χ1v) is 11.6. The quantitative estimate of drug-likeness (QED) is 0.293. The lowest BCUT2D eigenvalue weighted by Gasteiger charge is -2.27. The van der Waals surface area contributed by atoms with E-state index in [2.05, 4.69) is 21.2 Å². The van der Waals surface area contributed by atoms with Crippen LogP contribution in [0.3, 0.4) is 0 Å². The number of hydrogen-bond donors (Lipinski definition) is 1. The number of ether oxygens (including phenoxy) is 1. The molecule has 172 valence electrons. The first-order chi connectivity index (χ1) is 16.2. The average molecular weight is 560 g/mol. The molecule has 0 unspecified atom stereocenters. The SMILES string of the molecule is Cc1cc(N2C(=O)NC(=O)/C(=C/c3cc(Cl)ccc3OCc3ccccc3Cl)C2=O)ccc1Br. The fraction of sp³-hybridized carbons (Fsp3) is 0.0800. The molecule has 4 amide bonds. The molecule has 1 saturated heterocycles. The van der Waals surface area contributed by atoms with Crippen molar-refractivity contribution in [2.45, 2.75) is 13.5 Å². The van der Waals surface area contributed by atoms with Crippen LogP contribution in [-0.2, 0) is 16.2 Å². The van der Waals surface area contributed by atoms with Gasteiger partial charge in [0.05, 0.1) is 5.69 Å². The Morgan fingerprint density at radius 2 is 1.79 bits per heavy atom. The van der Waals surface area contributed by atoms with Crippen LogP contribution in [0.2, 0.25) is 10.0 Å². The van der Waals surface area contributed by atoms with Gasteiger partial charge in [-0.25, -0.2) is 9.69 Å². The molecular weight excluding hydrogens is 543 g/mol. The second kappa shape index (κ2) is 10.0. The normalized spacial score (nSPS) is 15.0. The molecule has 1 N–H and O–H groups in total. The molecule has 0 bridgehead atoms. The van der Waals surface area contributed by atoms with Gasteiger partial charge >= 0.3 is 6.03 Å². The third kappa shape index (κ3) is 5.01. The maximum absolute atomic E-state index is 13.2. The van der Waals surface area contributed by atoms with Crippen LogP contribution >= 0.6 is 39.1 Å². The lowest BCUT2D eigenvalue weighted by atomic mass is 10.1. The number of carbonyl (C=O) groups is 3. The van der Waals surface area contributed by atoms with Crippen molar-refractivity contribution in [3.05, 3.63) is 97.4 Å². The number of aryl methyl sites for hydroxylation is 1. The zero-order valence-corrected chi connectivity index (χ0v) is 20.9. The summed E-state index contributed by atoms with van der Waals surface area (Å²) >= 11 is 15.8. The van der Waals surface area contributed by atoms with Crippen LogP contribution in [0.5, 0.6) is 5.75 Å². The van der Waals surface area contributed by atoms with E-state index in [1.165, 1.54) is 6.08 Å². The summed E-state index contributed by atoms with van der Waals surface area (Å²) in [6.07, 6.45) is 1.36. The number of benzene rings is 3. The summed E-state index contributed by atoms with van der Waals surface area (Å²) in [6.45, 7) is 2.00. The third-order valence-corrected chi connectivity index (χ3v) is 6.61. The van der Waals surface area contributed by atoms with Crippen molar-refractivity contribution in [1.82, 2.24) is 5.32 Å². The Kier molecular flexibility index (Phi) is 7.07. The van der Waals surface area contributed by atoms with Gasteiger partial charge in [0.1, 0.15) is 17.9 Å². The van der Waals surface area contributed by atoms with E-state index in [0.717, 1.165) is 20.5 Å². The van der Waals surface area contributed by atoms with E-state index in [1.807, 2.05) is 25.1 Å². The standard InChI is InChI=1S/C25H17BrCl2N2O4/c1-14-10-18(7-8-20(14)26)30-24(32)19(23(31)29-25(30)33)12-16-11-17(27)6-9-22(16)34-13-15-4-2-3-5-21(15)28/h2-12H,13H2,1H3,(H,29,31,33)/b19-12-. The van der Waals surface area contributed by atoms with Crippen molar-refractivity contribution in [1.29, 1.82) is 0 Å². The minimum atomic E-state index is -0.824. The molecule has 0 aromatic heterocycles. The van der Waals surface area contributed by atoms with Crippen LogP contribution in [-0.4, -0.2) is 17.8 Å².